The standard InChI is InChI=1S/C17H30ClN3/c1-4-12-8-7-9-13(10-12)14(19)11-16-17(18)15(5-2)20-21(16)6-3/h12-14H,4-11,19H2,1-3H3. The molecule has 0 amide bonds. The first-order valence-corrected chi connectivity index (χ1v) is 8.97. The van der Waals surface area contributed by atoms with Crippen LogP contribution in [0.5, 0.6) is 0 Å². The van der Waals surface area contributed by atoms with E-state index < -0.39 is 0 Å². The highest BCUT2D eigenvalue weighted by molar-refractivity contribution is 6.31. The number of aryl methyl sites for hydroxylation is 2. The normalized spacial score (nSPS) is 24.2. The van der Waals surface area contributed by atoms with Crippen molar-refractivity contribution < 1.29 is 0 Å². The Kier molecular flexibility index (Phi) is 6.12. The molecule has 1 aliphatic carbocycles. The van der Waals surface area contributed by atoms with E-state index in [0.717, 1.165) is 41.7 Å². The SMILES string of the molecule is CCc1nn(CC)c(CC(N)C2CCCC(CC)C2)c1Cl. The molecule has 3 unspecified atom stereocenters. The maximum atomic E-state index is 6.54. The third-order valence-corrected chi connectivity index (χ3v) is 5.57. The van der Waals surface area contributed by atoms with Gasteiger partial charge in [-0.2, -0.15) is 5.10 Å². The maximum Gasteiger partial charge on any atom is 0.0850 e. The summed E-state index contributed by atoms with van der Waals surface area (Å²) < 4.78 is 2.04. The van der Waals surface area contributed by atoms with Crippen molar-refractivity contribution in [2.75, 3.05) is 0 Å². The molecule has 0 saturated heterocycles. The molecule has 1 aromatic rings. The first kappa shape index (κ1) is 16.8. The molecule has 1 aromatic heterocycles. The monoisotopic (exact) mass is 311 g/mol. The lowest BCUT2D eigenvalue weighted by atomic mass is 9.76. The number of hydrogen-bond acceptors (Lipinski definition) is 2. The molecule has 0 spiro atoms. The van der Waals surface area contributed by atoms with Gasteiger partial charge in [0.2, 0.25) is 0 Å². The van der Waals surface area contributed by atoms with Crippen LogP contribution in [0, 0.1) is 11.8 Å². The van der Waals surface area contributed by atoms with Gasteiger partial charge in [-0.1, -0.05) is 44.7 Å². The summed E-state index contributed by atoms with van der Waals surface area (Å²) in [4.78, 5) is 0. The molecule has 0 aliphatic heterocycles. The van der Waals surface area contributed by atoms with Crippen LogP contribution in [0.25, 0.3) is 0 Å². The molecule has 0 aromatic carbocycles. The van der Waals surface area contributed by atoms with Crippen molar-refractivity contribution in [1.82, 2.24) is 9.78 Å². The molecule has 1 aliphatic rings. The van der Waals surface area contributed by atoms with Crippen molar-refractivity contribution in [1.29, 1.82) is 0 Å². The topological polar surface area (TPSA) is 43.8 Å². The molecule has 120 valence electrons. The van der Waals surface area contributed by atoms with Crippen LogP contribution in [0.3, 0.4) is 0 Å². The Balaban J connectivity index is 2.08. The summed E-state index contributed by atoms with van der Waals surface area (Å²) in [6, 6.07) is 0.212. The van der Waals surface area contributed by atoms with Crippen LogP contribution in [0.2, 0.25) is 5.02 Å². The summed E-state index contributed by atoms with van der Waals surface area (Å²) in [7, 11) is 0. The van der Waals surface area contributed by atoms with Crippen LogP contribution in [0.4, 0.5) is 0 Å². The Labute approximate surface area is 134 Å². The summed E-state index contributed by atoms with van der Waals surface area (Å²) in [5, 5.41) is 5.45. The summed E-state index contributed by atoms with van der Waals surface area (Å²) in [5.41, 5.74) is 8.69. The third-order valence-electron chi connectivity index (χ3n) is 5.13. The zero-order chi connectivity index (χ0) is 15.4. The second-order valence-corrected chi connectivity index (χ2v) is 6.82. The minimum atomic E-state index is 0.212. The van der Waals surface area contributed by atoms with E-state index in [9.17, 15) is 0 Å². The van der Waals surface area contributed by atoms with E-state index >= 15 is 0 Å². The van der Waals surface area contributed by atoms with E-state index in [-0.39, 0.29) is 6.04 Å². The molecule has 1 fully saturated rings. The van der Waals surface area contributed by atoms with E-state index in [1.165, 1.54) is 32.1 Å². The summed E-state index contributed by atoms with van der Waals surface area (Å²) in [6.45, 7) is 7.38. The largest absolute Gasteiger partial charge is 0.327 e. The molecule has 2 N–H and O–H groups in total. The van der Waals surface area contributed by atoms with Gasteiger partial charge < -0.3 is 5.73 Å². The third kappa shape index (κ3) is 3.81. The van der Waals surface area contributed by atoms with Crippen molar-refractivity contribution in [2.24, 2.45) is 17.6 Å². The fourth-order valence-electron chi connectivity index (χ4n) is 3.69. The fourth-order valence-corrected chi connectivity index (χ4v) is 4.04. The van der Waals surface area contributed by atoms with E-state index in [2.05, 4.69) is 25.9 Å². The van der Waals surface area contributed by atoms with Gasteiger partial charge in [0.05, 0.1) is 16.4 Å². The van der Waals surface area contributed by atoms with Gasteiger partial charge in [0, 0.05) is 19.0 Å². The second-order valence-electron chi connectivity index (χ2n) is 6.45. The number of halogens is 1. The van der Waals surface area contributed by atoms with Gasteiger partial charge >= 0.3 is 0 Å². The van der Waals surface area contributed by atoms with Crippen LogP contribution >= 0.6 is 11.6 Å². The van der Waals surface area contributed by atoms with Crippen LogP contribution < -0.4 is 5.73 Å². The van der Waals surface area contributed by atoms with Gasteiger partial charge in [-0.05, 0) is 38.0 Å². The summed E-state index contributed by atoms with van der Waals surface area (Å²) in [6.07, 6.45) is 8.31. The molecule has 2 rings (SSSR count). The average molecular weight is 312 g/mol. The van der Waals surface area contributed by atoms with Gasteiger partial charge in [0.1, 0.15) is 0 Å². The molecular weight excluding hydrogens is 282 g/mol. The number of hydrogen-bond donors (Lipinski definition) is 1. The minimum Gasteiger partial charge on any atom is -0.327 e. The lowest BCUT2D eigenvalue weighted by molar-refractivity contribution is 0.227. The molecule has 3 atom stereocenters. The number of nitrogens with zero attached hydrogens (tertiary/aromatic N) is 2. The number of aromatic nitrogens is 2. The molecule has 0 radical (unpaired) electrons. The minimum absolute atomic E-state index is 0.212. The smallest absolute Gasteiger partial charge is 0.0850 e. The van der Waals surface area contributed by atoms with Gasteiger partial charge in [-0.3, -0.25) is 4.68 Å². The van der Waals surface area contributed by atoms with Crippen LogP contribution in [-0.2, 0) is 19.4 Å². The Morgan fingerprint density at radius 3 is 2.71 bits per heavy atom. The van der Waals surface area contributed by atoms with Gasteiger partial charge in [-0.25, -0.2) is 0 Å². The van der Waals surface area contributed by atoms with E-state index in [1.54, 1.807) is 0 Å². The number of rotatable bonds is 6. The molecule has 3 nitrogen and oxygen atoms in total. The van der Waals surface area contributed by atoms with Gasteiger partial charge in [-0.15, -0.1) is 0 Å². The molecule has 1 heterocycles. The van der Waals surface area contributed by atoms with Crippen molar-refractivity contribution in [3.8, 4) is 0 Å². The Morgan fingerprint density at radius 2 is 2.10 bits per heavy atom. The molecule has 4 heteroatoms. The Hall–Kier alpha value is -0.540. The molecule has 1 saturated carbocycles. The average Bonchev–Trinajstić information content (AvgIpc) is 2.83. The molecular formula is C17H30ClN3. The van der Waals surface area contributed by atoms with E-state index in [1.807, 2.05) is 4.68 Å². The van der Waals surface area contributed by atoms with Crippen LogP contribution in [0.1, 0.15) is 64.3 Å². The number of nitrogens with two attached hydrogens (primary N) is 1. The highest BCUT2D eigenvalue weighted by Crippen LogP contribution is 2.34. The molecule has 21 heavy (non-hydrogen) atoms. The Bertz CT molecular complexity index is 455. The highest BCUT2D eigenvalue weighted by atomic mass is 35.5. The van der Waals surface area contributed by atoms with Gasteiger partial charge in [0.15, 0.2) is 0 Å². The zero-order valence-electron chi connectivity index (χ0n) is 13.7. The predicted octanol–water partition coefficient (Wildman–Crippen LogP) is 4.21. The van der Waals surface area contributed by atoms with E-state index in [4.69, 9.17) is 17.3 Å². The fraction of sp³-hybridized carbons (Fsp3) is 0.824. The maximum absolute atomic E-state index is 6.54. The second kappa shape index (κ2) is 7.64. The lowest BCUT2D eigenvalue weighted by Crippen LogP contribution is -2.36. The molecule has 0 bridgehead atoms. The quantitative estimate of drug-likeness (QED) is 0.855. The van der Waals surface area contributed by atoms with Gasteiger partial charge in [0.25, 0.3) is 0 Å². The first-order valence-electron chi connectivity index (χ1n) is 8.60. The predicted molar refractivity (Wildman–Crippen MR) is 89.7 cm³/mol. The van der Waals surface area contributed by atoms with Crippen molar-refractivity contribution >= 4 is 11.6 Å². The highest BCUT2D eigenvalue weighted by Gasteiger charge is 2.27. The van der Waals surface area contributed by atoms with Crippen LogP contribution in [-0.4, -0.2) is 15.8 Å². The summed E-state index contributed by atoms with van der Waals surface area (Å²) in [5.74, 6) is 1.51. The zero-order valence-corrected chi connectivity index (χ0v) is 14.5. The van der Waals surface area contributed by atoms with E-state index in [0.29, 0.717) is 5.92 Å². The van der Waals surface area contributed by atoms with Crippen LogP contribution in [0.15, 0.2) is 0 Å². The van der Waals surface area contributed by atoms with Crippen molar-refractivity contribution in [2.45, 2.75) is 78.3 Å². The first-order chi connectivity index (χ1) is 10.1. The van der Waals surface area contributed by atoms with Crippen molar-refractivity contribution in [3.05, 3.63) is 16.4 Å². The Morgan fingerprint density at radius 1 is 1.33 bits per heavy atom. The summed E-state index contributed by atoms with van der Waals surface area (Å²) >= 11 is 6.51. The van der Waals surface area contributed by atoms with Crippen molar-refractivity contribution in [3.63, 3.8) is 0 Å². The lowest BCUT2D eigenvalue weighted by Gasteiger charge is -2.32.